The molecule has 9 rings (SSSR count). The summed E-state index contributed by atoms with van der Waals surface area (Å²) in [5, 5.41) is 4.87. The number of fused-ring (bicyclic) bond motifs is 9. The molecule has 0 spiro atoms. The summed E-state index contributed by atoms with van der Waals surface area (Å²) < 4.78 is 2.40. The van der Waals surface area contributed by atoms with Crippen molar-refractivity contribution in [1.29, 1.82) is 0 Å². The second-order valence-corrected chi connectivity index (χ2v) is 16.0. The number of nitrogens with zero attached hydrogens (tertiary/aromatic N) is 2. The summed E-state index contributed by atoms with van der Waals surface area (Å²) in [6, 6.07) is 30.4. The van der Waals surface area contributed by atoms with Gasteiger partial charge in [0.25, 0.3) is 0 Å². The fourth-order valence-corrected chi connectivity index (χ4v) is 10.2. The van der Waals surface area contributed by atoms with Gasteiger partial charge in [-0.3, -0.25) is 0 Å². The second kappa shape index (κ2) is 11.7. The van der Waals surface area contributed by atoms with Crippen LogP contribution in [0.15, 0.2) is 133 Å². The fraction of sp³-hybridized carbons (Fsp3) is 0.208. The first kappa shape index (κ1) is 31.8. The molecule has 0 fully saturated rings. The molecule has 2 nitrogen and oxygen atoms in total. The molecule has 0 amide bonds. The van der Waals surface area contributed by atoms with Crippen molar-refractivity contribution < 1.29 is 0 Å². The summed E-state index contributed by atoms with van der Waals surface area (Å²) in [6.45, 7) is 16.7. The Balaban J connectivity index is 1.18. The molecular formula is C48H44N2S. The van der Waals surface area contributed by atoms with Gasteiger partial charge in [-0.2, -0.15) is 0 Å². The molecule has 252 valence electrons. The molecule has 2 aliphatic heterocycles. The van der Waals surface area contributed by atoms with Crippen LogP contribution in [0.2, 0.25) is 0 Å². The van der Waals surface area contributed by atoms with Gasteiger partial charge < -0.3 is 9.47 Å². The molecule has 51 heavy (non-hydrogen) atoms. The molecule has 4 heterocycles. The minimum absolute atomic E-state index is 0.0415. The summed E-state index contributed by atoms with van der Waals surface area (Å²) in [5.74, 6) is 0. The molecule has 1 atom stereocenters. The van der Waals surface area contributed by atoms with Crippen LogP contribution < -0.4 is 0 Å². The van der Waals surface area contributed by atoms with Crippen LogP contribution in [-0.4, -0.2) is 16.0 Å². The van der Waals surface area contributed by atoms with Gasteiger partial charge >= 0.3 is 0 Å². The van der Waals surface area contributed by atoms with Crippen LogP contribution in [0.5, 0.6) is 0 Å². The maximum atomic E-state index is 4.24. The van der Waals surface area contributed by atoms with Crippen molar-refractivity contribution >= 4 is 44.5 Å². The van der Waals surface area contributed by atoms with Gasteiger partial charge in [-0.25, -0.2) is 0 Å². The second-order valence-electron chi connectivity index (χ2n) is 15.0. The normalized spacial score (nSPS) is 18.7. The Morgan fingerprint density at radius 3 is 2.47 bits per heavy atom. The average Bonchev–Trinajstić information content (AvgIpc) is 3.88. The highest BCUT2D eigenvalue weighted by Gasteiger charge is 2.43. The molecule has 1 unspecified atom stereocenters. The highest BCUT2D eigenvalue weighted by molar-refractivity contribution is 7.14. The van der Waals surface area contributed by atoms with Crippen molar-refractivity contribution in [3.05, 3.63) is 156 Å². The molecule has 0 saturated carbocycles. The van der Waals surface area contributed by atoms with E-state index in [-0.39, 0.29) is 11.0 Å². The molecule has 1 aliphatic carbocycles. The van der Waals surface area contributed by atoms with Gasteiger partial charge in [0.1, 0.15) is 0 Å². The predicted molar refractivity (Wildman–Crippen MR) is 221 cm³/mol. The maximum absolute atomic E-state index is 4.24. The molecule has 3 aliphatic rings. The third-order valence-electron chi connectivity index (χ3n) is 11.8. The van der Waals surface area contributed by atoms with E-state index in [1.54, 1.807) is 0 Å². The minimum Gasteiger partial charge on any atom is -0.358 e. The Morgan fingerprint density at radius 1 is 0.824 bits per heavy atom. The van der Waals surface area contributed by atoms with Crippen molar-refractivity contribution in [1.82, 2.24) is 9.47 Å². The van der Waals surface area contributed by atoms with Gasteiger partial charge in [0.15, 0.2) is 0 Å². The van der Waals surface area contributed by atoms with Gasteiger partial charge in [-0.1, -0.05) is 101 Å². The van der Waals surface area contributed by atoms with Crippen LogP contribution in [-0.2, 0) is 11.0 Å². The largest absolute Gasteiger partial charge is 0.358 e. The van der Waals surface area contributed by atoms with Gasteiger partial charge in [0, 0.05) is 44.6 Å². The van der Waals surface area contributed by atoms with Gasteiger partial charge in [-0.05, 0) is 125 Å². The molecule has 4 aromatic carbocycles. The SMILES string of the molecule is C=C/C(=C\C=C/C)n1c2ccc(-c3csc(-c4ccc5c(c4)C4=CC=CCN4C5(C)CCC)c3)cc2c2cc3c(cc21)C(C)(C)c1ccccc1-3. The Bertz CT molecular complexity index is 2540. The fourth-order valence-electron chi connectivity index (χ4n) is 9.24. The lowest BCUT2D eigenvalue weighted by molar-refractivity contribution is 0.195. The van der Waals surface area contributed by atoms with E-state index in [0.717, 1.165) is 25.1 Å². The number of rotatable bonds is 7. The predicted octanol–water partition coefficient (Wildman–Crippen LogP) is 13.3. The van der Waals surface area contributed by atoms with E-state index in [1.807, 2.05) is 17.4 Å². The van der Waals surface area contributed by atoms with Crippen molar-refractivity contribution in [2.24, 2.45) is 0 Å². The molecule has 2 aromatic heterocycles. The van der Waals surface area contributed by atoms with E-state index in [2.05, 4.69) is 171 Å². The Labute approximate surface area is 306 Å². The van der Waals surface area contributed by atoms with Crippen molar-refractivity contribution in [3.63, 3.8) is 0 Å². The van der Waals surface area contributed by atoms with Crippen LogP contribution in [0, 0.1) is 0 Å². The van der Waals surface area contributed by atoms with E-state index >= 15 is 0 Å². The molecule has 6 aromatic rings. The van der Waals surface area contributed by atoms with E-state index < -0.39 is 0 Å². The first-order chi connectivity index (χ1) is 24.8. The summed E-state index contributed by atoms with van der Waals surface area (Å²) >= 11 is 1.84. The smallest absolute Gasteiger partial charge is 0.0635 e. The lowest BCUT2D eigenvalue weighted by Gasteiger charge is -2.38. The molecule has 0 radical (unpaired) electrons. The number of hydrogen-bond donors (Lipinski definition) is 0. The topological polar surface area (TPSA) is 8.17 Å². The average molecular weight is 681 g/mol. The van der Waals surface area contributed by atoms with Crippen molar-refractivity contribution in [2.75, 3.05) is 6.54 Å². The first-order valence-corrected chi connectivity index (χ1v) is 19.2. The zero-order valence-electron chi connectivity index (χ0n) is 30.3. The van der Waals surface area contributed by atoms with Crippen molar-refractivity contribution in [3.8, 4) is 32.7 Å². The molecule has 0 N–H and O–H groups in total. The Kier molecular flexibility index (Phi) is 7.31. The first-order valence-electron chi connectivity index (χ1n) is 18.4. The van der Waals surface area contributed by atoms with Gasteiger partial charge in [-0.15, -0.1) is 11.3 Å². The van der Waals surface area contributed by atoms with E-state index in [0.29, 0.717) is 0 Å². The van der Waals surface area contributed by atoms with Crippen LogP contribution >= 0.6 is 11.3 Å². The number of aromatic nitrogens is 1. The molecule has 0 bridgehead atoms. The van der Waals surface area contributed by atoms with Crippen LogP contribution in [0.3, 0.4) is 0 Å². The van der Waals surface area contributed by atoms with Crippen LogP contribution in [0.25, 0.3) is 65.9 Å². The standard InChI is InChI=1S/C48H44N2S/c1-7-10-15-34(9-3)50-44-22-20-31(25-37(44)38-28-36-35-16-11-12-17-40(35)47(4,5)42(36)29-45(38)50)33-27-46(51-30-33)32-19-21-41-39(26-32)43-18-13-14-24-49(43)48(41,6)23-8-2/h7,9-22,25-30H,3,8,23-24H2,1-2,4-6H3/b10-7-,34-15+. The van der Waals surface area contributed by atoms with Crippen LogP contribution in [0.4, 0.5) is 0 Å². The third-order valence-corrected chi connectivity index (χ3v) is 12.8. The maximum Gasteiger partial charge on any atom is 0.0635 e. The summed E-state index contributed by atoms with van der Waals surface area (Å²) in [6.07, 6.45) is 17.4. The van der Waals surface area contributed by atoms with E-state index in [9.17, 15) is 0 Å². The lowest BCUT2D eigenvalue weighted by Crippen LogP contribution is -2.38. The van der Waals surface area contributed by atoms with E-state index in [1.165, 1.54) is 82.5 Å². The Hall–Kier alpha value is -5.12. The number of allylic oxidation sites excluding steroid dienone is 7. The number of thiophene rings is 1. The zero-order valence-corrected chi connectivity index (χ0v) is 31.1. The minimum atomic E-state index is -0.0737. The van der Waals surface area contributed by atoms with E-state index in [4.69, 9.17) is 0 Å². The highest BCUT2D eigenvalue weighted by atomic mass is 32.1. The van der Waals surface area contributed by atoms with Gasteiger partial charge in [0.05, 0.1) is 16.6 Å². The number of hydrogen-bond acceptors (Lipinski definition) is 2. The third kappa shape index (κ3) is 4.60. The molecule has 0 saturated heterocycles. The summed E-state index contributed by atoms with van der Waals surface area (Å²) in [4.78, 5) is 3.91. The monoisotopic (exact) mass is 680 g/mol. The number of benzene rings is 4. The Morgan fingerprint density at radius 2 is 1.65 bits per heavy atom. The van der Waals surface area contributed by atoms with Gasteiger partial charge in [0.2, 0.25) is 0 Å². The summed E-state index contributed by atoms with van der Waals surface area (Å²) in [5.41, 5.74) is 16.9. The lowest BCUT2D eigenvalue weighted by atomic mass is 9.82. The quantitative estimate of drug-likeness (QED) is 0.152. The highest BCUT2D eigenvalue weighted by Crippen LogP contribution is 2.52. The van der Waals surface area contributed by atoms with Crippen molar-refractivity contribution in [2.45, 2.75) is 58.4 Å². The molecular weight excluding hydrogens is 637 g/mol. The molecule has 3 heteroatoms. The van der Waals surface area contributed by atoms with Crippen LogP contribution in [0.1, 0.15) is 69.7 Å². The summed E-state index contributed by atoms with van der Waals surface area (Å²) in [7, 11) is 0. The zero-order chi connectivity index (χ0) is 35.1.